The predicted octanol–water partition coefficient (Wildman–Crippen LogP) is 4.15. The zero-order chi connectivity index (χ0) is 29.9. The number of benzene rings is 2. The molecule has 1 aromatic heterocycles. The van der Waals surface area contributed by atoms with Crippen molar-refractivity contribution < 1.29 is 23.5 Å². The van der Waals surface area contributed by atoms with Gasteiger partial charge in [-0.2, -0.15) is 0 Å². The van der Waals surface area contributed by atoms with Gasteiger partial charge < -0.3 is 24.8 Å². The van der Waals surface area contributed by atoms with Crippen LogP contribution in [-0.4, -0.2) is 70.9 Å². The number of carbonyl (C=O) groups excluding carboxylic acids is 3. The number of ether oxygens (including phenoxy) is 1. The van der Waals surface area contributed by atoms with Crippen LogP contribution in [-0.2, 0) is 39.0 Å². The summed E-state index contributed by atoms with van der Waals surface area (Å²) in [4.78, 5) is 44.8. The summed E-state index contributed by atoms with van der Waals surface area (Å²) in [6, 6.07) is 9.68. The van der Waals surface area contributed by atoms with E-state index in [1.807, 2.05) is 29.8 Å². The van der Waals surface area contributed by atoms with Gasteiger partial charge in [0.15, 0.2) is 0 Å². The number of hydrogen-bond donors (Lipinski definition) is 2. The third kappa shape index (κ3) is 9.74. The summed E-state index contributed by atoms with van der Waals surface area (Å²) in [6.45, 7) is 4.43. The van der Waals surface area contributed by atoms with Crippen molar-refractivity contribution in [1.29, 1.82) is 0 Å². The van der Waals surface area contributed by atoms with E-state index in [0.717, 1.165) is 22.5 Å². The number of hydrogen-bond acceptors (Lipinski definition) is 6. The Kier molecular flexibility index (Phi) is 14.3. The Balaban J connectivity index is 0.00000616. The number of esters is 1. The highest BCUT2D eigenvalue weighted by Gasteiger charge is 2.28. The Morgan fingerprint density at radius 3 is 2.31 bits per heavy atom. The van der Waals surface area contributed by atoms with E-state index in [1.54, 1.807) is 19.1 Å². The van der Waals surface area contributed by atoms with Crippen molar-refractivity contribution in [2.75, 3.05) is 36.4 Å². The molecule has 0 aliphatic rings. The van der Waals surface area contributed by atoms with Crippen LogP contribution in [0.25, 0.3) is 11.0 Å². The topological polar surface area (TPSA) is 106 Å². The van der Waals surface area contributed by atoms with Crippen LogP contribution in [0.5, 0.6) is 0 Å². The number of alkyl halides is 2. The van der Waals surface area contributed by atoms with Gasteiger partial charge in [-0.25, -0.2) is 14.2 Å². The van der Waals surface area contributed by atoms with E-state index in [1.165, 1.54) is 19.1 Å². The summed E-state index contributed by atoms with van der Waals surface area (Å²) in [6.07, 6.45) is 0.731. The number of anilines is 1. The average molecular weight is 645 g/mol. The molecule has 0 radical (unpaired) electrons. The normalized spacial score (nSPS) is 12.2. The number of rotatable bonds is 15. The first-order valence-corrected chi connectivity index (χ1v) is 14.5. The zero-order valence-electron chi connectivity index (χ0n) is 23.9. The molecular weight excluding hydrogens is 608 g/mol. The van der Waals surface area contributed by atoms with Crippen molar-refractivity contribution in [3.8, 4) is 0 Å². The van der Waals surface area contributed by atoms with Gasteiger partial charge in [-0.1, -0.05) is 12.1 Å². The highest BCUT2D eigenvalue weighted by molar-refractivity contribution is 6.18. The predicted molar refractivity (Wildman–Crippen MR) is 166 cm³/mol. The molecule has 2 amide bonds. The van der Waals surface area contributed by atoms with Gasteiger partial charge in [-0.15, -0.1) is 35.6 Å². The highest BCUT2D eigenvalue weighted by atomic mass is 35.5. The molecule has 2 aromatic carbocycles. The molecule has 3 aromatic rings. The van der Waals surface area contributed by atoms with Crippen molar-refractivity contribution in [2.45, 2.75) is 45.2 Å². The lowest BCUT2D eigenvalue weighted by molar-refractivity contribution is -0.147. The van der Waals surface area contributed by atoms with Crippen LogP contribution >= 0.6 is 35.6 Å². The molecule has 0 spiro atoms. The van der Waals surface area contributed by atoms with E-state index >= 15 is 0 Å². The summed E-state index contributed by atoms with van der Waals surface area (Å²) in [5, 5.41) is 5.40. The molecule has 2 N–H and O–H groups in total. The molecule has 9 nitrogen and oxygen atoms in total. The smallest absolute Gasteiger partial charge is 0.328 e. The van der Waals surface area contributed by atoms with Gasteiger partial charge >= 0.3 is 5.97 Å². The van der Waals surface area contributed by atoms with Gasteiger partial charge in [0.2, 0.25) is 11.8 Å². The van der Waals surface area contributed by atoms with Gasteiger partial charge in [0, 0.05) is 57.3 Å². The molecular formula is C29H37Cl3FN5O4. The van der Waals surface area contributed by atoms with E-state index in [2.05, 4.69) is 15.5 Å². The van der Waals surface area contributed by atoms with Gasteiger partial charge in [0.05, 0.1) is 17.6 Å². The van der Waals surface area contributed by atoms with Gasteiger partial charge in [0.25, 0.3) is 0 Å². The first-order chi connectivity index (χ1) is 19.7. The minimum atomic E-state index is -1.01. The number of halogens is 4. The van der Waals surface area contributed by atoms with Crippen LogP contribution in [0.2, 0.25) is 0 Å². The fourth-order valence-electron chi connectivity index (χ4n) is 4.58. The molecule has 2 unspecified atom stereocenters. The molecule has 0 fully saturated rings. The van der Waals surface area contributed by atoms with Crippen molar-refractivity contribution in [2.24, 2.45) is 7.05 Å². The lowest BCUT2D eigenvalue weighted by Crippen LogP contribution is -2.52. The summed E-state index contributed by atoms with van der Waals surface area (Å²) in [5.74, 6) is -0.266. The molecule has 0 saturated heterocycles. The van der Waals surface area contributed by atoms with Crippen molar-refractivity contribution in [3.05, 3.63) is 59.7 Å². The second-order valence-corrected chi connectivity index (χ2v) is 10.3. The molecule has 230 valence electrons. The monoisotopic (exact) mass is 643 g/mol. The highest BCUT2D eigenvalue weighted by Crippen LogP contribution is 2.23. The molecule has 0 bridgehead atoms. The standard InChI is InChI=1S/C29H36Cl2FN5O4.ClH/c1-4-41-29(40)25(17-20-5-7-21(32)8-6-20)35-28(39)23(33-19(2)38)10-12-27-34-24-18-22(9-11-26(24)36(27)3)37(15-13-30)16-14-31;/h5-9,11,18,23,25H,4,10,12-17H2,1-3H3,(H,33,38)(H,35,39);1H. The summed E-state index contributed by atoms with van der Waals surface area (Å²) < 4.78 is 20.5. The van der Waals surface area contributed by atoms with E-state index in [0.29, 0.717) is 36.8 Å². The van der Waals surface area contributed by atoms with Crippen LogP contribution in [0, 0.1) is 5.82 Å². The van der Waals surface area contributed by atoms with E-state index in [-0.39, 0.29) is 37.8 Å². The Bertz CT molecular complexity index is 1330. The zero-order valence-corrected chi connectivity index (χ0v) is 26.2. The third-order valence-electron chi connectivity index (χ3n) is 6.62. The maximum atomic E-state index is 13.4. The van der Waals surface area contributed by atoms with Crippen LogP contribution < -0.4 is 15.5 Å². The Morgan fingerprint density at radius 2 is 1.71 bits per heavy atom. The summed E-state index contributed by atoms with van der Waals surface area (Å²) in [7, 11) is 1.90. The second kappa shape index (κ2) is 17.1. The minimum absolute atomic E-state index is 0. The number of aryl methyl sites for hydroxylation is 2. The average Bonchev–Trinajstić information content (AvgIpc) is 3.26. The number of carbonyl (C=O) groups is 3. The number of nitrogens with one attached hydrogen (secondary N) is 2. The number of fused-ring (bicyclic) bond motifs is 1. The molecule has 1 heterocycles. The lowest BCUT2D eigenvalue weighted by Gasteiger charge is -2.22. The molecule has 2 atom stereocenters. The van der Waals surface area contributed by atoms with Gasteiger partial charge in [-0.05, 0) is 49.2 Å². The Hall–Kier alpha value is -3.08. The third-order valence-corrected chi connectivity index (χ3v) is 6.96. The summed E-state index contributed by atoms with van der Waals surface area (Å²) >= 11 is 11.9. The fourth-order valence-corrected chi connectivity index (χ4v) is 4.99. The molecule has 42 heavy (non-hydrogen) atoms. The number of aromatic nitrogens is 2. The number of nitrogens with zero attached hydrogens (tertiary/aromatic N) is 3. The molecule has 0 saturated carbocycles. The summed E-state index contributed by atoms with van der Waals surface area (Å²) in [5.41, 5.74) is 3.32. The lowest BCUT2D eigenvalue weighted by atomic mass is 10.0. The molecule has 3 rings (SSSR count). The molecule has 13 heteroatoms. The maximum absolute atomic E-state index is 13.4. The van der Waals surface area contributed by atoms with Crippen molar-refractivity contribution >= 4 is 70.1 Å². The maximum Gasteiger partial charge on any atom is 0.328 e. The minimum Gasteiger partial charge on any atom is -0.464 e. The molecule has 0 aliphatic carbocycles. The Labute approximate surface area is 261 Å². The number of imidazole rings is 1. The van der Waals surface area contributed by atoms with Crippen LogP contribution in [0.3, 0.4) is 0 Å². The van der Waals surface area contributed by atoms with Crippen LogP contribution in [0.1, 0.15) is 31.7 Å². The van der Waals surface area contributed by atoms with Gasteiger partial charge in [0.1, 0.15) is 23.7 Å². The first kappa shape index (κ1) is 35.1. The first-order valence-electron chi connectivity index (χ1n) is 13.5. The fraction of sp³-hybridized carbons (Fsp3) is 0.448. The number of amides is 2. The van der Waals surface area contributed by atoms with E-state index < -0.39 is 29.8 Å². The van der Waals surface area contributed by atoms with Crippen molar-refractivity contribution in [1.82, 2.24) is 20.2 Å². The molecule has 0 aliphatic heterocycles. The van der Waals surface area contributed by atoms with Gasteiger partial charge in [-0.3, -0.25) is 9.59 Å². The SMILES string of the molecule is CCOC(=O)C(Cc1ccc(F)cc1)NC(=O)C(CCc1nc2cc(N(CCCl)CCCl)ccc2n1C)NC(C)=O.Cl. The van der Waals surface area contributed by atoms with E-state index in [9.17, 15) is 18.8 Å². The Morgan fingerprint density at radius 1 is 1.05 bits per heavy atom. The van der Waals surface area contributed by atoms with Crippen LogP contribution in [0.15, 0.2) is 42.5 Å². The largest absolute Gasteiger partial charge is 0.464 e. The van der Waals surface area contributed by atoms with Crippen molar-refractivity contribution in [3.63, 3.8) is 0 Å². The quantitative estimate of drug-likeness (QED) is 0.190. The van der Waals surface area contributed by atoms with Crippen LogP contribution in [0.4, 0.5) is 10.1 Å². The second-order valence-electron chi connectivity index (χ2n) is 9.56. The van der Waals surface area contributed by atoms with E-state index in [4.69, 9.17) is 32.9 Å².